The van der Waals surface area contributed by atoms with E-state index < -0.39 is 0 Å². The minimum atomic E-state index is 0.334. The fourth-order valence-corrected chi connectivity index (χ4v) is 3.45. The lowest BCUT2D eigenvalue weighted by Crippen LogP contribution is -2.37. The number of anilines is 1. The minimum absolute atomic E-state index is 0.334. The summed E-state index contributed by atoms with van der Waals surface area (Å²) in [5.41, 5.74) is 0. The van der Waals surface area contributed by atoms with Crippen LogP contribution < -0.4 is 4.90 Å². The fourth-order valence-electron chi connectivity index (χ4n) is 2.33. The van der Waals surface area contributed by atoms with Crippen LogP contribution in [0.1, 0.15) is 22.5 Å². The zero-order valence-corrected chi connectivity index (χ0v) is 12.3. The Morgan fingerprint density at radius 2 is 2.17 bits per heavy atom. The van der Waals surface area contributed by atoms with Crippen molar-refractivity contribution >= 4 is 34.4 Å². The zero-order valence-electron chi connectivity index (χ0n) is 10.7. The maximum absolute atomic E-state index is 10.8. The van der Waals surface area contributed by atoms with Gasteiger partial charge in [0.1, 0.15) is 4.88 Å². The molecule has 4 nitrogen and oxygen atoms in total. The average molecular weight is 288 g/mol. The summed E-state index contributed by atoms with van der Waals surface area (Å²) in [4.78, 5) is 20.0. The molecule has 0 aromatic carbocycles. The Hall–Kier alpha value is -0.650. The predicted octanol–water partition coefficient (Wildman–Crippen LogP) is 2.39. The van der Waals surface area contributed by atoms with Crippen LogP contribution in [0.5, 0.6) is 0 Å². The van der Waals surface area contributed by atoms with Gasteiger partial charge in [0.2, 0.25) is 0 Å². The third-order valence-electron chi connectivity index (χ3n) is 3.21. The van der Waals surface area contributed by atoms with E-state index in [2.05, 4.69) is 28.9 Å². The Kier molecular flexibility index (Phi) is 4.59. The summed E-state index contributed by atoms with van der Waals surface area (Å²) >= 11 is 7.28. The van der Waals surface area contributed by atoms with Crippen LogP contribution in [-0.4, -0.2) is 49.9 Å². The lowest BCUT2D eigenvalue weighted by Gasteiger charge is -2.32. The normalized spacial score (nSPS) is 17.4. The van der Waals surface area contributed by atoms with E-state index in [0.717, 1.165) is 37.0 Å². The molecule has 2 heterocycles. The molecular weight excluding hydrogens is 270 g/mol. The number of piperidine rings is 1. The first-order valence-electron chi connectivity index (χ1n) is 6.11. The predicted molar refractivity (Wildman–Crippen MR) is 76.0 cm³/mol. The molecule has 100 valence electrons. The molecule has 0 amide bonds. The Morgan fingerprint density at radius 3 is 2.67 bits per heavy atom. The quantitative estimate of drug-likeness (QED) is 0.797. The number of aromatic nitrogens is 1. The first kappa shape index (κ1) is 13.8. The number of rotatable bonds is 4. The van der Waals surface area contributed by atoms with Gasteiger partial charge in [-0.3, -0.25) is 4.79 Å². The molecule has 1 fully saturated rings. The minimum Gasteiger partial charge on any atom is -0.348 e. The second-order valence-corrected chi connectivity index (χ2v) is 6.33. The lowest BCUT2D eigenvalue weighted by atomic mass is 9.97. The third-order valence-corrected chi connectivity index (χ3v) is 4.66. The van der Waals surface area contributed by atoms with Gasteiger partial charge in [-0.05, 0) is 32.9 Å². The molecular formula is C12H18ClN3OS. The van der Waals surface area contributed by atoms with Gasteiger partial charge >= 0.3 is 0 Å². The highest BCUT2D eigenvalue weighted by Gasteiger charge is 2.22. The zero-order chi connectivity index (χ0) is 13.1. The average Bonchev–Trinajstić information content (AvgIpc) is 2.71. The maximum Gasteiger partial charge on any atom is 0.187 e. The van der Waals surface area contributed by atoms with E-state index in [1.54, 1.807) is 0 Å². The molecule has 1 aliphatic rings. The van der Waals surface area contributed by atoms with Gasteiger partial charge < -0.3 is 9.80 Å². The number of aldehydes is 1. The van der Waals surface area contributed by atoms with Crippen molar-refractivity contribution in [1.82, 2.24) is 9.88 Å². The topological polar surface area (TPSA) is 36.4 Å². The van der Waals surface area contributed by atoms with Crippen molar-refractivity contribution in [2.75, 3.05) is 38.6 Å². The SMILES string of the molecule is CN(C)CC1CCN(c2nc(Cl)c(C=O)s2)CC1. The summed E-state index contributed by atoms with van der Waals surface area (Å²) in [5.74, 6) is 0.761. The molecule has 1 aromatic heterocycles. The van der Waals surface area contributed by atoms with E-state index in [4.69, 9.17) is 11.6 Å². The number of hydrogen-bond donors (Lipinski definition) is 0. The summed E-state index contributed by atoms with van der Waals surface area (Å²) < 4.78 is 0. The van der Waals surface area contributed by atoms with E-state index in [-0.39, 0.29) is 0 Å². The van der Waals surface area contributed by atoms with Gasteiger partial charge in [0.05, 0.1) is 0 Å². The number of halogens is 1. The number of carbonyl (C=O) groups is 1. The summed E-state index contributed by atoms with van der Waals surface area (Å²) in [6.45, 7) is 3.15. The highest BCUT2D eigenvalue weighted by molar-refractivity contribution is 7.17. The molecule has 0 atom stereocenters. The Balaban J connectivity index is 1.94. The van der Waals surface area contributed by atoms with Crippen molar-refractivity contribution in [3.63, 3.8) is 0 Å². The summed E-state index contributed by atoms with van der Waals surface area (Å²) in [6, 6.07) is 0. The molecule has 0 spiro atoms. The van der Waals surface area contributed by atoms with E-state index >= 15 is 0 Å². The van der Waals surface area contributed by atoms with Crippen LogP contribution >= 0.6 is 22.9 Å². The monoisotopic (exact) mass is 287 g/mol. The first-order valence-corrected chi connectivity index (χ1v) is 7.30. The van der Waals surface area contributed by atoms with Crippen molar-refractivity contribution in [3.05, 3.63) is 10.0 Å². The third kappa shape index (κ3) is 3.22. The van der Waals surface area contributed by atoms with Crippen molar-refractivity contribution in [1.29, 1.82) is 0 Å². The van der Waals surface area contributed by atoms with Crippen LogP contribution in [0.25, 0.3) is 0 Å². The smallest absolute Gasteiger partial charge is 0.187 e. The van der Waals surface area contributed by atoms with Crippen LogP contribution in [0.3, 0.4) is 0 Å². The molecule has 6 heteroatoms. The van der Waals surface area contributed by atoms with E-state index in [1.807, 2.05) is 0 Å². The van der Waals surface area contributed by atoms with Gasteiger partial charge in [0.15, 0.2) is 16.6 Å². The highest BCUT2D eigenvalue weighted by atomic mass is 35.5. The second-order valence-electron chi connectivity index (χ2n) is 4.96. The summed E-state index contributed by atoms with van der Waals surface area (Å²) in [6.07, 6.45) is 3.12. The van der Waals surface area contributed by atoms with Gasteiger partial charge in [-0.2, -0.15) is 0 Å². The van der Waals surface area contributed by atoms with Gasteiger partial charge in [-0.15, -0.1) is 0 Å². The van der Waals surface area contributed by atoms with Crippen molar-refractivity contribution in [2.24, 2.45) is 5.92 Å². The van der Waals surface area contributed by atoms with Crippen LogP contribution in [-0.2, 0) is 0 Å². The van der Waals surface area contributed by atoms with E-state index in [0.29, 0.717) is 10.0 Å². The Morgan fingerprint density at radius 1 is 1.50 bits per heavy atom. The van der Waals surface area contributed by atoms with Crippen LogP contribution in [0, 0.1) is 5.92 Å². The Labute approximate surface area is 117 Å². The number of hydrogen-bond acceptors (Lipinski definition) is 5. The second kappa shape index (κ2) is 5.99. The fraction of sp³-hybridized carbons (Fsp3) is 0.667. The lowest BCUT2D eigenvalue weighted by molar-refractivity contribution is 0.112. The van der Waals surface area contributed by atoms with Crippen LogP contribution in [0.15, 0.2) is 0 Å². The molecule has 0 saturated carbocycles. The maximum atomic E-state index is 10.8. The van der Waals surface area contributed by atoms with Crippen molar-refractivity contribution < 1.29 is 4.79 Å². The van der Waals surface area contributed by atoms with Gasteiger partial charge in [-0.25, -0.2) is 4.98 Å². The highest BCUT2D eigenvalue weighted by Crippen LogP contribution is 2.31. The standard InChI is InChI=1S/C12H18ClN3OS/c1-15(2)7-9-3-5-16(6-4-9)12-14-11(13)10(8-17)18-12/h8-9H,3-7H2,1-2H3. The van der Waals surface area contributed by atoms with Gasteiger partial charge in [-0.1, -0.05) is 22.9 Å². The van der Waals surface area contributed by atoms with Crippen LogP contribution in [0.2, 0.25) is 5.15 Å². The Bertz CT molecular complexity index is 413. The van der Waals surface area contributed by atoms with Gasteiger partial charge in [0.25, 0.3) is 0 Å². The van der Waals surface area contributed by atoms with Crippen LogP contribution in [0.4, 0.5) is 5.13 Å². The largest absolute Gasteiger partial charge is 0.348 e. The summed E-state index contributed by atoms with van der Waals surface area (Å²) in [5, 5.41) is 1.21. The molecule has 18 heavy (non-hydrogen) atoms. The molecule has 1 aromatic rings. The van der Waals surface area contributed by atoms with Crippen molar-refractivity contribution in [2.45, 2.75) is 12.8 Å². The summed E-state index contributed by atoms with van der Waals surface area (Å²) in [7, 11) is 4.23. The van der Waals surface area contributed by atoms with E-state index in [1.165, 1.54) is 24.2 Å². The molecule has 1 aliphatic heterocycles. The molecule has 0 unspecified atom stereocenters. The molecule has 0 bridgehead atoms. The van der Waals surface area contributed by atoms with Gasteiger partial charge in [0, 0.05) is 19.6 Å². The molecule has 0 radical (unpaired) electrons. The molecule has 2 rings (SSSR count). The first-order chi connectivity index (χ1) is 8.60. The number of nitrogens with zero attached hydrogens (tertiary/aromatic N) is 3. The molecule has 1 saturated heterocycles. The number of carbonyl (C=O) groups excluding carboxylic acids is 1. The van der Waals surface area contributed by atoms with Crippen molar-refractivity contribution in [3.8, 4) is 0 Å². The van der Waals surface area contributed by atoms with E-state index in [9.17, 15) is 4.79 Å². The molecule has 0 aliphatic carbocycles. The molecule has 0 N–H and O–H groups in total. The number of thiazole rings is 1.